The van der Waals surface area contributed by atoms with Crippen molar-refractivity contribution in [1.29, 1.82) is 0 Å². The average molecular weight is 227 g/mol. The van der Waals surface area contributed by atoms with Gasteiger partial charge in [-0.2, -0.15) is 0 Å². The van der Waals surface area contributed by atoms with E-state index in [1.54, 1.807) is 0 Å². The van der Waals surface area contributed by atoms with Crippen molar-refractivity contribution >= 4 is 5.91 Å². The Labute approximate surface area is 98.3 Å². The quantitative estimate of drug-likeness (QED) is 0.706. The summed E-state index contributed by atoms with van der Waals surface area (Å²) in [7, 11) is 0. The molecule has 0 atom stereocenters. The number of carbonyl (C=O) groups is 1. The largest absolute Gasteiger partial charge is 0.340 e. The van der Waals surface area contributed by atoms with Gasteiger partial charge in [-0.05, 0) is 25.8 Å². The van der Waals surface area contributed by atoms with Gasteiger partial charge in [0.25, 0.3) is 0 Å². The van der Waals surface area contributed by atoms with Gasteiger partial charge in [0.2, 0.25) is 5.91 Å². The predicted octanol–water partition coefficient (Wildman–Crippen LogP) is 0.845. The molecule has 1 rings (SSSR count). The molecule has 0 saturated heterocycles. The summed E-state index contributed by atoms with van der Waals surface area (Å²) in [5.74, 6) is 0.211. The highest BCUT2D eigenvalue weighted by Gasteiger charge is 2.24. The van der Waals surface area contributed by atoms with Gasteiger partial charge in [0, 0.05) is 25.6 Å². The Morgan fingerprint density at radius 2 is 1.81 bits per heavy atom. The number of nitrogens with two attached hydrogens (primary N) is 2. The molecule has 0 aromatic heterocycles. The molecule has 1 fully saturated rings. The van der Waals surface area contributed by atoms with Crippen LogP contribution in [0.3, 0.4) is 0 Å². The van der Waals surface area contributed by atoms with Crippen molar-refractivity contribution in [2.75, 3.05) is 19.6 Å². The molecule has 0 aliphatic heterocycles. The van der Waals surface area contributed by atoms with Gasteiger partial charge >= 0.3 is 0 Å². The van der Waals surface area contributed by atoms with E-state index in [2.05, 4.69) is 0 Å². The molecule has 0 aromatic carbocycles. The molecule has 4 heteroatoms. The molecule has 0 bridgehead atoms. The molecular formula is C12H25N3O. The summed E-state index contributed by atoms with van der Waals surface area (Å²) >= 11 is 0. The maximum absolute atomic E-state index is 12.0. The van der Waals surface area contributed by atoms with Crippen LogP contribution in [0.2, 0.25) is 0 Å². The zero-order valence-electron chi connectivity index (χ0n) is 10.2. The molecule has 0 unspecified atom stereocenters. The topological polar surface area (TPSA) is 72.3 Å². The summed E-state index contributed by atoms with van der Waals surface area (Å²) in [4.78, 5) is 14.0. The Morgan fingerprint density at radius 1 is 1.12 bits per heavy atom. The van der Waals surface area contributed by atoms with Crippen LogP contribution in [-0.4, -0.2) is 36.5 Å². The monoisotopic (exact) mass is 227 g/mol. The minimum atomic E-state index is 0.211. The van der Waals surface area contributed by atoms with Gasteiger partial charge in [-0.25, -0.2) is 0 Å². The van der Waals surface area contributed by atoms with Crippen LogP contribution in [0.5, 0.6) is 0 Å². The van der Waals surface area contributed by atoms with Crippen molar-refractivity contribution in [3.8, 4) is 0 Å². The minimum absolute atomic E-state index is 0.211. The molecule has 0 heterocycles. The second-order valence-corrected chi connectivity index (χ2v) is 4.56. The van der Waals surface area contributed by atoms with Gasteiger partial charge in [0.1, 0.15) is 0 Å². The van der Waals surface area contributed by atoms with Crippen molar-refractivity contribution in [2.24, 2.45) is 11.5 Å². The van der Waals surface area contributed by atoms with E-state index < -0.39 is 0 Å². The first-order valence-electron chi connectivity index (χ1n) is 6.49. The molecule has 1 saturated carbocycles. The van der Waals surface area contributed by atoms with Crippen molar-refractivity contribution in [2.45, 2.75) is 51.0 Å². The zero-order chi connectivity index (χ0) is 11.8. The molecule has 16 heavy (non-hydrogen) atoms. The van der Waals surface area contributed by atoms with Crippen molar-refractivity contribution in [3.05, 3.63) is 0 Å². The van der Waals surface area contributed by atoms with Crippen LogP contribution in [0.25, 0.3) is 0 Å². The number of rotatable bonds is 6. The van der Waals surface area contributed by atoms with Crippen molar-refractivity contribution in [1.82, 2.24) is 4.90 Å². The number of hydrogen-bond acceptors (Lipinski definition) is 3. The van der Waals surface area contributed by atoms with Gasteiger partial charge in [0.15, 0.2) is 0 Å². The second kappa shape index (κ2) is 7.63. The highest BCUT2D eigenvalue weighted by Crippen LogP contribution is 2.23. The van der Waals surface area contributed by atoms with E-state index in [1.807, 2.05) is 4.90 Å². The van der Waals surface area contributed by atoms with Crippen LogP contribution in [0.15, 0.2) is 0 Å². The molecule has 1 aliphatic carbocycles. The third-order valence-electron chi connectivity index (χ3n) is 3.30. The van der Waals surface area contributed by atoms with Crippen LogP contribution in [-0.2, 0) is 4.79 Å². The highest BCUT2D eigenvalue weighted by molar-refractivity contribution is 5.76. The molecule has 1 aliphatic rings. The first-order valence-corrected chi connectivity index (χ1v) is 6.49. The van der Waals surface area contributed by atoms with Crippen LogP contribution in [0, 0.1) is 0 Å². The third kappa shape index (κ3) is 4.10. The van der Waals surface area contributed by atoms with Gasteiger partial charge in [0.05, 0.1) is 0 Å². The standard InChI is InChI=1S/C12H25N3O/c13-8-4-10-15(12(16)7-9-14)11-5-2-1-3-6-11/h11H,1-10,13-14H2. The van der Waals surface area contributed by atoms with E-state index in [0.29, 0.717) is 25.6 Å². The lowest BCUT2D eigenvalue weighted by atomic mass is 9.94. The summed E-state index contributed by atoms with van der Waals surface area (Å²) in [6.07, 6.45) is 7.49. The van der Waals surface area contributed by atoms with Crippen LogP contribution in [0.1, 0.15) is 44.9 Å². The molecule has 0 aromatic rings. The second-order valence-electron chi connectivity index (χ2n) is 4.56. The normalized spacial score (nSPS) is 17.4. The fourth-order valence-electron chi connectivity index (χ4n) is 2.43. The van der Waals surface area contributed by atoms with Crippen LogP contribution in [0.4, 0.5) is 0 Å². The minimum Gasteiger partial charge on any atom is -0.340 e. The Hall–Kier alpha value is -0.610. The number of amides is 1. The van der Waals surface area contributed by atoms with E-state index in [4.69, 9.17) is 11.5 Å². The molecule has 4 nitrogen and oxygen atoms in total. The first kappa shape index (κ1) is 13.5. The van der Waals surface area contributed by atoms with E-state index in [1.165, 1.54) is 19.3 Å². The number of hydrogen-bond donors (Lipinski definition) is 2. The maximum atomic E-state index is 12.0. The summed E-state index contributed by atoms with van der Waals surface area (Å²) in [6.45, 7) is 1.91. The maximum Gasteiger partial charge on any atom is 0.224 e. The van der Waals surface area contributed by atoms with Gasteiger partial charge < -0.3 is 16.4 Å². The molecule has 0 radical (unpaired) electrons. The van der Waals surface area contributed by atoms with E-state index in [9.17, 15) is 4.79 Å². The zero-order valence-corrected chi connectivity index (χ0v) is 10.2. The molecule has 0 spiro atoms. The van der Waals surface area contributed by atoms with E-state index in [-0.39, 0.29) is 5.91 Å². The van der Waals surface area contributed by atoms with E-state index >= 15 is 0 Å². The molecule has 94 valence electrons. The van der Waals surface area contributed by atoms with Crippen LogP contribution >= 0.6 is 0 Å². The van der Waals surface area contributed by atoms with E-state index in [0.717, 1.165) is 25.8 Å². The average Bonchev–Trinajstić information content (AvgIpc) is 2.31. The fourth-order valence-corrected chi connectivity index (χ4v) is 2.43. The number of carbonyl (C=O) groups excluding carboxylic acids is 1. The number of nitrogens with zero attached hydrogens (tertiary/aromatic N) is 1. The van der Waals surface area contributed by atoms with Gasteiger partial charge in [-0.1, -0.05) is 19.3 Å². The van der Waals surface area contributed by atoms with Crippen molar-refractivity contribution in [3.63, 3.8) is 0 Å². The summed E-state index contributed by atoms with van der Waals surface area (Å²) < 4.78 is 0. The fraction of sp³-hybridized carbons (Fsp3) is 0.917. The summed E-state index contributed by atoms with van der Waals surface area (Å²) in [6, 6.07) is 0.444. The highest BCUT2D eigenvalue weighted by atomic mass is 16.2. The van der Waals surface area contributed by atoms with Crippen molar-refractivity contribution < 1.29 is 4.79 Å². The Bertz CT molecular complexity index is 202. The third-order valence-corrected chi connectivity index (χ3v) is 3.30. The molecule has 4 N–H and O–H groups in total. The predicted molar refractivity (Wildman–Crippen MR) is 65.9 cm³/mol. The smallest absolute Gasteiger partial charge is 0.224 e. The lowest BCUT2D eigenvalue weighted by Crippen LogP contribution is -2.43. The Kier molecular flexibility index (Phi) is 6.42. The molecular weight excluding hydrogens is 202 g/mol. The molecule has 1 amide bonds. The van der Waals surface area contributed by atoms with Gasteiger partial charge in [-0.15, -0.1) is 0 Å². The van der Waals surface area contributed by atoms with Gasteiger partial charge in [-0.3, -0.25) is 4.79 Å². The SMILES string of the molecule is NCCCN(C(=O)CCN)C1CCCCC1. The summed E-state index contributed by atoms with van der Waals surface area (Å²) in [5, 5.41) is 0. The lowest BCUT2D eigenvalue weighted by Gasteiger charge is -2.34. The summed E-state index contributed by atoms with van der Waals surface area (Å²) in [5.41, 5.74) is 11.0. The Balaban J connectivity index is 2.50. The first-order chi connectivity index (χ1) is 7.79. The lowest BCUT2D eigenvalue weighted by molar-refractivity contribution is -0.134. The van der Waals surface area contributed by atoms with Crippen LogP contribution < -0.4 is 11.5 Å². The Morgan fingerprint density at radius 3 is 2.38 bits per heavy atom.